The number of aromatic nitrogens is 1. The van der Waals surface area contributed by atoms with E-state index in [1.165, 1.54) is 25.3 Å². The molecular weight excluding hydrogens is 287 g/mol. The molecule has 1 saturated heterocycles. The quantitative estimate of drug-likeness (QED) is 0.660. The Morgan fingerprint density at radius 2 is 1.65 bits per heavy atom. The molecular formula is C20H19FN2. The Hall–Kier alpha value is -2.42. The lowest BCUT2D eigenvalue weighted by Crippen LogP contribution is -2.30. The van der Waals surface area contributed by atoms with Crippen molar-refractivity contribution in [2.75, 3.05) is 18.0 Å². The number of halogens is 1. The summed E-state index contributed by atoms with van der Waals surface area (Å²) in [5.74, 6) is 0.858. The molecule has 0 amide bonds. The Bertz CT molecular complexity index is 838. The van der Waals surface area contributed by atoms with Crippen molar-refractivity contribution >= 4 is 16.7 Å². The largest absolute Gasteiger partial charge is 0.357 e. The van der Waals surface area contributed by atoms with Gasteiger partial charge in [0.15, 0.2) is 0 Å². The van der Waals surface area contributed by atoms with Gasteiger partial charge in [0.05, 0.1) is 5.52 Å². The van der Waals surface area contributed by atoms with Gasteiger partial charge < -0.3 is 4.90 Å². The smallest absolute Gasteiger partial charge is 0.129 e. The van der Waals surface area contributed by atoms with Gasteiger partial charge in [-0.15, -0.1) is 0 Å². The Balaban J connectivity index is 1.70. The van der Waals surface area contributed by atoms with E-state index in [0.717, 1.165) is 40.9 Å². The minimum absolute atomic E-state index is 0.207. The molecule has 0 atom stereocenters. The van der Waals surface area contributed by atoms with Crippen LogP contribution in [0.5, 0.6) is 0 Å². The molecule has 4 rings (SSSR count). The standard InChI is InChI=1S/C20H19FN2/c21-18-6-4-5-15(14-18)16-7-9-19-17(13-16)8-10-20(22-19)23-11-2-1-3-12-23/h4-10,13-14H,1-3,11-12H2. The summed E-state index contributed by atoms with van der Waals surface area (Å²) < 4.78 is 13.4. The molecule has 0 N–H and O–H groups in total. The molecule has 0 radical (unpaired) electrons. The summed E-state index contributed by atoms with van der Waals surface area (Å²) in [5.41, 5.74) is 2.91. The molecule has 3 aromatic rings. The molecule has 0 saturated carbocycles. The number of hydrogen-bond donors (Lipinski definition) is 0. The second-order valence-corrected chi connectivity index (χ2v) is 6.13. The van der Waals surface area contributed by atoms with Crippen molar-refractivity contribution in [3.63, 3.8) is 0 Å². The van der Waals surface area contributed by atoms with Gasteiger partial charge in [-0.05, 0) is 66.8 Å². The van der Waals surface area contributed by atoms with Gasteiger partial charge >= 0.3 is 0 Å². The molecule has 0 aliphatic carbocycles. The Labute approximate surface area is 135 Å². The third-order valence-electron chi connectivity index (χ3n) is 4.51. The van der Waals surface area contributed by atoms with Crippen LogP contribution in [0.15, 0.2) is 54.6 Å². The number of nitrogens with zero attached hydrogens (tertiary/aromatic N) is 2. The zero-order valence-corrected chi connectivity index (χ0v) is 13.0. The first-order chi connectivity index (χ1) is 11.3. The molecule has 0 spiro atoms. The first-order valence-electron chi connectivity index (χ1n) is 8.21. The minimum atomic E-state index is -0.207. The highest BCUT2D eigenvalue weighted by Gasteiger charge is 2.12. The fraction of sp³-hybridized carbons (Fsp3) is 0.250. The highest BCUT2D eigenvalue weighted by Crippen LogP contribution is 2.26. The maximum absolute atomic E-state index is 13.4. The van der Waals surface area contributed by atoms with Gasteiger partial charge in [0.2, 0.25) is 0 Å². The molecule has 2 heterocycles. The van der Waals surface area contributed by atoms with Gasteiger partial charge in [-0.2, -0.15) is 0 Å². The topological polar surface area (TPSA) is 16.1 Å². The highest BCUT2D eigenvalue weighted by atomic mass is 19.1. The molecule has 1 aliphatic heterocycles. The molecule has 2 aromatic carbocycles. The van der Waals surface area contributed by atoms with E-state index in [0.29, 0.717) is 0 Å². The number of pyridine rings is 1. The lowest BCUT2D eigenvalue weighted by Gasteiger charge is -2.27. The van der Waals surface area contributed by atoms with Crippen molar-refractivity contribution in [2.24, 2.45) is 0 Å². The van der Waals surface area contributed by atoms with Crippen molar-refractivity contribution < 1.29 is 4.39 Å². The summed E-state index contributed by atoms with van der Waals surface area (Å²) in [4.78, 5) is 7.17. The Kier molecular flexibility index (Phi) is 3.70. The Morgan fingerprint density at radius 1 is 0.826 bits per heavy atom. The fourth-order valence-electron chi connectivity index (χ4n) is 3.26. The van der Waals surface area contributed by atoms with Gasteiger partial charge in [0, 0.05) is 18.5 Å². The van der Waals surface area contributed by atoms with Crippen molar-refractivity contribution in [2.45, 2.75) is 19.3 Å². The van der Waals surface area contributed by atoms with Crippen LogP contribution in [0.4, 0.5) is 10.2 Å². The summed E-state index contributed by atoms with van der Waals surface area (Å²) in [6.07, 6.45) is 3.82. The van der Waals surface area contributed by atoms with Crippen LogP contribution in [-0.4, -0.2) is 18.1 Å². The van der Waals surface area contributed by atoms with Gasteiger partial charge in [-0.25, -0.2) is 9.37 Å². The van der Waals surface area contributed by atoms with Crippen LogP contribution in [0, 0.1) is 5.82 Å². The van der Waals surface area contributed by atoms with E-state index < -0.39 is 0 Å². The predicted octanol–water partition coefficient (Wildman–Crippen LogP) is 5.03. The van der Waals surface area contributed by atoms with Gasteiger partial charge in [-0.3, -0.25) is 0 Å². The van der Waals surface area contributed by atoms with Crippen molar-refractivity contribution in [3.05, 3.63) is 60.4 Å². The van der Waals surface area contributed by atoms with Crippen LogP contribution in [0.1, 0.15) is 19.3 Å². The summed E-state index contributed by atoms with van der Waals surface area (Å²) in [6, 6.07) is 17.1. The summed E-state index contributed by atoms with van der Waals surface area (Å²) in [6.45, 7) is 2.19. The fourth-order valence-corrected chi connectivity index (χ4v) is 3.26. The maximum atomic E-state index is 13.4. The number of piperidine rings is 1. The van der Waals surface area contributed by atoms with Crippen molar-refractivity contribution in [1.82, 2.24) is 4.98 Å². The average molecular weight is 306 g/mol. The molecule has 0 unspecified atom stereocenters. The van der Waals surface area contributed by atoms with Gasteiger partial charge in [0.25, 0.3) is 0 Å². The van der Waals surface area contributed by atoms with Crippen LogP contribution in [0.3, 0.4) is 0 Å². The van der Waals surface area contributed by atoms with Crippen LogP contribution in [0.2, 0.25) is 0 Å². The molecule has 116 valence electrons. The number of hydrogen-bond acceptors (Lipinski definition) is 2. The van der Waals surface area contributed by atoms with E-state index in [-0.39, 0.29) is 5.82 Å². The van der Waals surface area contributed by atoms with Crippen molar-refractivity contribution in [3.8, 4) is 11.1 Å². The van der Waals surface area contributed by atoms with E-state index in [9.17, 15) is 4.39 Å². The minimum Gasteiger partial charge on any atom is -0.357 e. The van der Waals surface area contributed by atoms with Crippen LogP contribution in [-0.2, 0) is 0 Å². The van der Waals surface area contributed by atoms with Gasteiger partial charge in [0.1, 0.15) is 11.6 Å². The highest BCUT2D eigenvalue weighted by molar-refractivity contribution is 5.85. The molecule has 1 fully saturated rings. The lowest BCUT2D eigenvalue weighted by molar-refractivity contribution is 0.574. The van der Waals surface area contributed by atoms with E-state index in [1.54, 1.807) is 12.1 Å². The Morgan fingerprint density at radius 3 is 2.48 bits per heavy atom. The SMILES string of the molecule is Fc1cccc(-c2ccc3nc(N4CCCCC4)ccc3c2)c1. The van der Waals surface area contributed by atoms with Crippen LogP contribution < -0.4 is 4.90 Å². The number of rotatable bonds is 2. The maximum Gasteiger partial charge on any atom is 0.129 e. The predicted molar refractivity (Wildman–Crippen MR) is 93.2 cm³/mol. The van der Waals surface area contributed by atoms with E-state index >= 15 is 0 Å². The lowest BCUT2D eigenvalue weighted by atomic mass is 10.0. The number of benzene rings is 2. The number of anilines is 1. The van der Waals surface area contributed by atoms with Crippen molar-refractivity contribution in [1.29, 1.82) is 0 Å². The third-order valence-corrected chi connectivity index (χ3v) is 4.51. The first kappa shape index (κ1) is 14.2. The van der Waals surface area contributed by atoms with Crippen LogP contribution in [0.25, 0.3) is 22.0 Å². The molecule has 3 heteroatoms. The zero-order valence-electron chi connectivity index (χ0n) is 13.0. The molecule has 1 aromatic heterocycles. The van der Waals surface area contributed by atoms with Crippen LogP contribution >= 0.6 is 0 Å². The average Bonchev–Trinajstić information content (AvgIpc) is 2.61. The second-order valence-electron chi connectivity index (χ2n) is 6.13. The van der Waals surface area contributed by atoms with Gasteiger partial charge in [-0.1, -0.05) is 18.2 Å². The normalized spacial score (nSPS) is 15.1. The second kappa shape index (κ2) is 5.99. The summed E-state index contributed by atoms with van der Waals surface area (Å²) in [7, 11) is 0. The number of fused-ring (bicyclic) bond motifs is 1. The summed E-state index contributed by atoms with van der Waals surface area (Å²) >= 11 is 0. The third kappa shape index (κ3) is 2.91. The molecule has 1 aliphatic rings. The first-order valence-corrected chi connectivity index (χ1v) is 8.21. The van der Waals surface area contributed by atoms with E-state index in [1.807, 2.05) is 18.2 Å². The monoisotopic (exact) mass is 306 g/mol. The zero-order chi connectivity index (χ0) is 15.6. The van der Waals surface area contributed by atoms with E-state index in [4.69, 9.17) is 4.98 Å². The molecule has 0 bridgehead atoms. The summed E-state index contributed by atoms with van der Waals surface area (Å²) in [5, 5.41) is 1.09. The molecule has 23 heavy (non-hydrogen) atoms. The van der Waals surface area contributed by atoms with E-state index in [2.05, 4.69) is 23.1 Å². The molecule has 2 nitrogen and oxygen atoms in total.